The number of unbranched alkanes of at least 4 members (excludes halogenated alkanes) is 1. The molecule has 0 unspecified atom stereocenters. The minimum atomic E-state index is -3.71. The first-order valence-electron chi connectivity index (χ1n) is 5.38. The summed E-state index contributed by atoms with van der Waals surface area (Å²) in [6.45, 7) is 5.14. The number of carbonyl (C=O) groups is 2. The summed E-state index contributed by atoms with van der Waals surface area (Å²) in [5.74, 6) is -6.31. The van der Waals surface area contributed by atoms with Gasteiger partial charge < -0.3 is 9.84 Å². The molecule has 0 aromatic carbocycles. The first-order chi connectivity index (χ1) is 7.54. The van der Waals surface area contributed by atoms with Crippen molar-refractivity contribution in [3.05, 3.63) is 0 Å². The zero-order valence-electron chi connectivity index (χ0n) is 10.3. The maximum atomic E-state index is 12.6. The lowest BCUT2D eigenvalue weighted by Gasteiger charge is -2.19. The number of carbonyl (C=O) groups excluding carboxylic acids is 1. The minimum absolute atomic E-state index is 0.0208. The number of rotatable bonds is 6. The molecule has 0 spiro atoms. The van der Waals surface area contributed by atoms with Gasteiger partial charge in [0.2, 0.25) is 0 Å². The summed E-state index contributed by atoms with van der Waals surface area (Å²) in [6.07, 6.45) is -0.575. The van der Waals surface area contributed by atoms with E-state index in [-0.39, 0.29) is 19.3 Å². The fourth-order valence-electron chi connectivity index (χ4n) is 1.12. The van der Waals surface area contributed by atoms with Crippen LogP contribution in [0.25, 0.3) is 0 Å². The van der Waals surface area contributed by atoms with E-state index in [2.05, 4.69) is 0 Å². The third-order valence-corrected chi connectivity index (χ3v) is 1.85. The normalized spacial score (nSPS) is 12.3. The van der Waals surface area contributed by atoms with Crippen LogP contribution in [0.4, 0.5) is 8.78 Å². The topological polar surface area (TPSA) is 63.6 Å². The molecule has 6 heteroatoms. The molecule has 4 nitrogen and oxygen atoms in total. The zero-order valence-corrected chi connectivity index (χ0v) is 10.3. The summed E-state index contributed by atoms with van der Waals surface area (Å²) in [7, 11) is 0. The summed E-state index contributed by atoms with van der Waals surface area (Å²) < 4.78 is 30.2. The monoisotopic (exact) mass is 252 g/mol. The Morgan fingerprint density at radius 3 is 2.12 bits per heavy atom. The first kappa shape index (κ1) is 15.8. The van der Waals surface area contributed by atoms with E-state index >= 15 is 0 Å². The van der Waals surface area contributed by atoms with Crippen molar-refractivity contribution < 1.29 is 28.2 Å². The molecule has 0 aliphatic rings. The number of carboxylic acids is 1. The lowest BCUT2D eigenvalue weighted by atomic mass is 10.1. The Balaban J connectivity index is 3.80. The van der Waals surface area contributed by atoms with Gasteiger partial charge in [-0.25, -0.2) is 4.79 Å². The van der Waals surface area contributed by atoms with E-state index in [1.54, 1.807) is 20.8 Å². The van der Waals surface area contributed by atoms with Crippen LogP contribution in [0.3, 0.4) is 0 Å². The quantitative estimate of drug-likeness (QED) is 0.583. The van der Waals surface area contributed by atoms with E-state index in [0.29, 0.717) is 0 Å². The predicted octanol–water partition coefficient (Wildman–Crippen LogP) is 2.61. The predicted molar refractivity (Wildman–Crippen MR) is 56.9 cm³/mol. The number of carboxylic acid groups (broad SMARTS) is 1. The van der Waals surface area contributed by atoms with Gasteiger partial charge in [0.1, 0.15) is 5.60 Å². The maximum absolute atomic E-state index is 12.6. The van der Waals surface area contributed by atoms with Crippen molar-refractivity contribution in [3.63, 3.8) is 0 Å². The van der Waals surface area contributed by atoms with Crippen molar-refractivity contribution in [1.29, 1.82) is 0 Å². The first-order valence-corrected chi connectivity index (χ1v) is 5.38. The van der Waals surface area contributed by atoms with Gasteiger partial charge in [-0.3, -0.25) is 4.79 Å². The molecule has 0 fully saturated rings. The molecule has 0 heterocycles. The zero-order chi connectivity index (χ0) is 13.7. The van der Waals surface area contributed by atoms with Gasteiger partial charge in [-0.15, -0.1) is 0 Å². The molecule has 0 atom stereocenters. The van der Waals surface area contributed by atoms with Gasteiger partial charge in [0.25, 0.3) is 0 Å². The lowest BCUT2D eigenvalue weighted by molar-refractivity contribution is -0.165. The molecule has 0 bridgehead atoms. The Morgan fingerprint density at radius 1 is 1.18 bits per heavy atom. The third-order valence-electron chi connectivity index (χ3n) is 1.85. The number of aliphatic carboxylic acids is 1. The highest BCUT2D eigenvalue weighted by atomic mass is 19.3. The summed E-state index contributed by atoms with van der Waals surface area (Å²) in [4.78, 5) is 21.3. The molecule has 0 radical (unpaired) electrons. The Kier molecular flexibility index (Phi) is 5.51. The number of hydrogen-bond acceptors (Lipinski definition) is 3. The van der Waals surface area contributed by atoms with Crippen LogP contribution in [-0.2, 0) is 14.3 Å². The molecule has 0 aliphatic carbocycles. The van der Waals surface area contributed by atoms with Crippen LogP contribution in [0.1, 0.15) is 46.5 Å². The summed E-state index contributed by atoms with van der Waals surface area (Å²) in [5.41, 5.74) is -0.595. The average molecular weight is 252 g/mol. The van der Waals surface area contributed by atoms with Crippen LogP contribution >= 0.6 is 0 Å². The molecule has 100 valence electrons. The van der Waals surface area contributed by atoms with Crippen molar-refractivity contribution >= 4 is 11.9 Å². The largest absolute Gasteiger partial charge is 0.477 e. The fourth-order valence-corrected chi connectivity index (χ4v) is 1.12. The van der Waals surface area contributed by atoms with Gasteiger partial charge in [-0.05, 0) is 33.6 Å². The molecule has 0 aliphatic heterocycles. The van der Waals surface area contributed by atoms with E-state index in [1.165, 1.54) is 0 Å². The number of esters is 1. The van der Waals surface area contributed by atoms with Crippen LogP contribution in [0, 0.1) is 0 Å². The van der Waals surface area contributed by atoms with Gasteiger partial charge >= 0.3 is 17.9 Å². The van der Waals surface area contributed by atoms with Crippen molar-refractivity contribution in [2.45, 2.75) is 58.0 Å². The minimum Gasteiger partial charge on any atom is -0.477 e. The molecule has 0 saturated carbocycles. The van der Waals surface area contributed by atoms with E-state index in [0.717, 1.165) is 0 Å². The van der Waals surface area contributed by atoms with Gasteiger partial charge in [0.05, 0.1) is 0 Å². The van der Waals surface area contributed by atoms with Crippen LogP contribution < -0.4 is 0 Å². The molecule has 1 N–H and O–H groups in total. The van der Waals surface area contributed by atoms with Crippen LogP contribution in [-0.4, -0.2) is 28.6 Å². The highest BCUT2D eigenvalue weighted by Crippen LogP contribution is 2.22. The van der Waals surface area contributed by atoms with Crippen molar-refractivity contribution in [2.75, 3.05) is 0 Å². The van der Waals surface area contributed by atoms with Crippen LogP contribution in [0.2, 0.25) is 0 Å². The van der Waals surface area contributed by atoms with Gasteiger partial charge in [0.15, 0.2) is 0 Å². The second-order valence-electron chi connectivity index (χ2n) is 4.80. The summed E-state index contributed by atoms with van der Waals surface area (Å²) in [6, 6.07) is 0. The fraction of sp³-hybridized carbons (Fsp3) is 0.818. The van der Waals surface area contributed by atoms with Crippen molar-refractivity contribution in [2.24, 2.45) is 0 Å². The van der Waals surface area contributed by atoms with Gasteiger partial charge in [0, 0.05) is 12.8 Å². The Labute approximate surface area is 99.0 Å². The van der Waals surface area contributed by atoms with Gasteiger partial charge in [-0.1, -0.05) is 0 Å². The second kappa shape index (κ2) is 5.93. The Hall–Kier alpha value is -1.20. The summed E-state index contributed by atoms with van der Waals surface area (Å²) >= 11 is 0. The van der Waals surface area contributed by atoms with Crippen molar-refractivity contribution in [1.82, 2.24) is 0 Å². The molecule has 0 amide bonds. The van der Waals surface area contributed by atoms with Crippen LogP contribution in [0.5, 0.6) is 0 Å². The maximum Gasteiger partial charge on any atom is 0.374 e. The highest BCUT2D eigenvalue weighted by Gasteiger charge is 2.37. The smallest absolute Gasteiger partial charge is 0.374 e. The molecule has 0 saturated heterocycles. The standard InChI is InChI=1S/C11H18F2O4/c1-10(2,3)17-8(14)6-4-5-7-11(12,13)9(15)16/h4-7H2,1-3H3,(H,15,16). The van der Waals surface area contributed by atoms with E-state index < -0.39 is 29.9 Å². The number of alkyl halides is 2. The Bertz CT molecular complexity index is 282. The number of halogens is 2. The Morgan fingerprint density at radius 2 is 1.71 bits per heavy atom. The summed E-state index contributed by atoms with van der Waals surface area (Å²) in [5, 5.41) is 8.16. The molecule has 17 heavy (non-hydrogen) atoms. The molecular formula is C11H18F2O4. The van der Waals surface area contributed by atoms with E-state index in [9.17, 15) is 18.4 Å². The molecule has 0 aromatic heterocycles. The SMILES string of the molecule is CC(C)(C)OC(=O)CCCCC(F)(F)C(=O)O. The lowest BCUT2D eigenvalue weighted by Crippen LogP contribution is -2.28. The van der Waals surface area contributed by atoms with E-state index in [1.807, 2.05) is 0 Å². The average Bonchev–Trinajstić information content (AvgIpc) is 2.09. The van der Waals surface area contributed by atoms with Crippen LogP contribution in [0.15, 0.2) is 0 Å². The molecule has 0 aromatic rings. The molecule has 0 rings (SSSR count). The number of ether oxygens (including phenoxy) is 1. The van der Waals surface area contributed by atoms with Crippen molar-refractivity contribution in [3.8, 4) is 0 Å². The van der Waals surface area contributed by atoms with Gasteiger partial charge in [-0.2, -0.15) is 8.78 Å². The van der Waals surface area contributed by atoms with E-state index in [4.69, 9.17) is 9.84 Å². The second-order valence-corrected chi connectivity index (χ2v) is 4.80. The molecular weight excluding hydrogens is 234 g/mol. The third kappa shape index (κ3) is 7.65. The number of hydrogen-bond donors (Lipinski definition) is 1. The highest BCUT2D eigenvalue weighted by molar-refractivity contribution is 5.75.